The summed E-state index contributed by atoms with van der Waals surface area (Å²) in [5.41, 5.74) is -0.668. The lowest BCUT2D eigenvalue weighted by atomic mass is 10.2. The highest BCUT2D eigenvalue weighted by atomic mass is 32.2. The summed E-state index contributed by atoms with van der Waals surface area (Å²) in [7, 11) is -2.31. The quantitative estimate of drug-likeness (QED) is 0.855. The molecule has 0 radical (unpaired) electrons. The zero-order valence-corrected chi connectivity index (χ0v) is 12.2. The molecule has 8 heteroatoms. The third-order valence-corrected chi connectivity index (χ3v) is 5.04. The van der Waals surface area contributed by atoms with E-state index in [2.05, 4.69) is 4.72 Å². The van der Waals surface area contributed by atoms with Crippen molar-refractivity contribution in [3.63, 3.8) is 0 Å². The minimum Gasteiger partial charge on any atom is -0.478 e. The maximum Gasteiger partial charge on any atom is 0.338 e. The zero-order chi connectivity index (χ0) is 15.6. The normalized spacial score (nSPS) is 22.4. The molecule has 0 amide bonds. The number of benzene rings is 1. The van der Waals surface area contributed by atoms with Crippen LogP contribution >= 0.6 is 0 Å². The predicted octanol–water partition coefficient (Wildman–Crippen LogP) is 1.37. The van der Waals surface area contributed by atoms with Gasteiger partial charge in [0, 0.05) is 13.2 Å². The maximum atomic E-state index is 13.3. The number of ether oxygens (including phenoxy) is 1. The summed E-state index contributed by atoms with van der Waals surface area (Å²) in [4.78, 5) is 10.6. The van der Waals surface area contributed by atoms with Crippen molar-refractivity contribution in [3.8, 4) is 0 Å². The molecule has 2 unspecified atom stereocenters. The highest BCUT2D eigenvalue weighted by Gasteiger charge is 2.29. The van der Waals surface area contributed by atoms with Crippen LogP contribution in [0.2, 0.25) is 0 Å². The molecule has 0 heterocycles. The van der Waals surface area contributed by atoms with Crippen LogP contribution in [0.3, 0.4) is 0 Å². The van der Waals surface area contributed by atoms with Crippen molar-refractivity contribution in [2.75, 3.05) is 7.11 Å². The summed E-state index contributed by atoms with van der Waals surface area (Å²) in [5.74, 6) is -2.48. The van der Waals surface area contributed by atoms with Gasteiger partial charge in [-0.25, -0.2) is 22.3 Å². The van der Waals surface area contributed by atoms with E-state index in [1.165, 1.54) is 0 Å². The lowest BCUT2D eigenvalue weighted by Crippen LogP contribution is -2.33. The molecule has 2 N–H and O–H groups in total. The smallest absolute Gasteiger partial charge is 0.338 e. The number of methoxy groups -OCH3 is 1. The molecule has 0 saturated heterocycles. The molecule has 0 aliphatic heterocycles. The molecular weight excluding hydrogens is 301 g/mol. The first-order chi connectivity index (χ1) is 9.83. The van der Waals surface area contributed by atoms with Gasteiger partial charge in [0.2, 0.25) is 10.0 Å². The Morgan fingerprint density at radius 1 is 1.43 bits per heavy atom. The van der Waals surface area contributed by atoms with Crippen LogP contribution in [-0.4, -0.2) is 38.7 Å². The van der Waals surface area contributed by atoms with Gasteiger partial charge in [-0.1, -0.05) is 0 Å². The summed E-state index contributed by atoms with van der Waals surface area (Å²) in [6.45, 7) is 0. The van der Waals surface area contributed by atoms with E-state index in [1.807, 2.05) is 0 Å². The summed E-state index contributed by atoms with van der Waals surface area (Å²) in [5, 5.41) is 8.83. The standard InChI is InChI=1S/C13H16FNO5S/c1-20-9-3-2-8(6-9)15-21(18,19)10-4-5-12(14)11(7-10)13(16)17/h4-5,7-9,15H,2-3,6H2,1H3,(H,16,17). The molecule has 2 rings (SSSR count). The first-order valence-corrected chi connectivity index (χ1v) is 7.90. The number of carboxylic acid groups (broad SMARTS) is 1. The lowest BCUT2D eigenvalue weighted by molar-refractivity contribution is 0.0691. The second-order valence-corrected chi connectivity index (χ2v) is 6.65. The van der Waals surface area contributed by atoms with Crippen LogP contribution in [0.25, 0.3) is 0 Å². The van der Waals surface area contributed by atoms with Crippen molar-refractivity contribution in [1.29, 1.82) is 0 Å². The molecular formula is C13H16FNO5S. The fourth-order valence-electron chi connectivity index (χ4n) is 2.38. The van der Waals surface area contributed by atoms with Crippen molar-refractivity contribution >= 4 is 16.0 Å². The number of aromatic carboxylic acids is 1. The molecule has 1 aliphatic rings. The van der Waals surface area contributed by atoms with Crippen LogP contribution in [0, 0.1) is 5.82 Å². The second-order valence-electron chi connectivity index (χ2n) is 4.94. The van der Waals surface area contributed by atoms with Crippen molar-refractivity contribution in [2.45, 2.75) is 36.3 Å². The first kappa shape index (κ1) is 15.9. The fraction of sp³-hybridized carbons (Fsp3) is 0.462. The summed E-state index contributed by atoms with van der Waals surface area (Å²) < 4.78 is 45.4. The number of hydrogen-bond acceptors (Lipinski definition) is 4. The van der Waals surface area contributed by atoms with Crippen LogP contribution in [0.15, 0.2) is 23.1 Å². The number of hydrogen-bond donors (Lipinski definition) is 2. The Bertz CT molecular complexity index is 646. The highest BCUT2D eigenvalue weighted by Crippen LogP contribution is 2.24. The van der Waals surface area contributed by atoms with E-state index < -0.39 is 27.4 Å². The Morgan fingerprint density at radius 2 is 2.14 bits per heavy atom. The molecule has 1 saturated carbocycles. The van der Waals surface area contributed by atoms with Crippen molar-refractivity contribution in [2.24, 2.45) is 0 Å². The van der Waals surface area contributed by atoms with Crippen LogP contribution in [-0.2, 0) is 14.8 Å². The zero-order valence-electron chi connectivity index (χ0n) is 11.4. The average molecular weight is 317 g/mol. The Kier molecular flexibility index (Phi) is 4.60. The van der Waals surface area contributed by atoms with Gasteiger partial charge < -0.3 is 9.84 Å². The SMILES string of the molecule is COC1CCC(NS(=O)(=O)c2ccc(F)c(C(=O)O)c2)C1. The van der Waals surface area contributed by atoms with E-state index in [0.29, 0.717) is 12.8 Å². The Hall–Kier alpha value is -1.51. The molecule has 0 bridgehead atoms. The molecule has 2 atom stereocenters. The van der Waals surface area contributed by atoms with Crippen LogP contribution in [0.5, 0.6) is 0 Å². The average Bonchev–Trinajstić information content (AvgIpc) is 2.85. The third kappa shape index (κ3) is 3.58. The third-order valence-electron chi connectivity index (χ3n) is 3.52. The number of nitrogens with one attached hydrogen (secondary N) is 1. The predicted molar refractivity (Wildman–Crippen MR) is 72.1 cm³/mol. The number of rotatable bonds is 5. The summed E-state index contributed by atoms with van der Waals surface area (Å²) >= 11 is 0. The molecule has 1 aromatic rings. The van der Waals surface area contributed by atoms with Crippen molar-refractivity contribution < 1.29 is 27.4 Å². The molecule has 1 aliphatic carbocycles. The van der Waals surface area contributed by atoms with Gasteiger partial charge in [-0.3, -0.25) is 0 Å². The Morgan fingerprint density at radius 3 is 2.71 bits per heavy atom. The van der Waals surface area contributed by atoms with Gasteiger partial charge in [0.15, 0.2) is 0 Å². The number of carboxylic acids is 1. The van der Waals surface area contributed by atoms with E-state index in [1.54, 1.807) is 7.11 Å². The largest absolute Gasteiger partial charge is 0.478 e. The molecule has 1 fully saturated rings. The van der Waals surface area contributed by atoms with E-state index in [4.69, 9.17) is 9.84 Å². The highest BCUT2D eigenvalue weighted by molar-refractivity contribution is 7.89. The summed E-state index contributed by atoms with van der Waals surface area (Å²) in [6.07, 6.45) is 1.97. The number of carbonyl (C=O) groups is 1. The van der Waals surface area contributed by atoms with Gasteiger partial charge in [0.25, 0.3) is 0 Å². The van der Waals surface area contributed by atoms with E-state index in [9.17, 15) is 17.6 Å². The Labute approximate surface area is 122 Å². The van der Waals surface area contributed by atoms with Gasteiger partial charge in [0.1, 0.15) is 5.82 Å². The second kappa shape index (κ2) is 6.08. The lowest BCUT2D eigenvalue weighted by Gasteiger charge is -2.13. The monoisotopic (exact) mass is 317 g/mol. The number of halogens is 1. The minimum atomic E-state index is -3.88. The van der Waals surface area contributed by atoms with E-state index >= 15 is 0 Å². The van der Waals surface area contributed by atoms with Crippen LogP contribution < -0.4 is 4.72 Å². The molecule has 0 spiro atoms. The molecule has 1 aromatic carbocycles. The van der Waals surface area contributed by atoms with Crippen LogP contribution in [0.1, 0.15) is 29.6 Å². The van der Waals surface area contributed by atoms with Crippen molar-refractivity contribution in [1.82, 2.24) is 4.72 Å². The first-order valence-electron chi connectivity index (χ1n) is 6.41. The van der Waals surface area contributed by atoms with E-state index in [-0.39, 0.29) is 17.0 Å². The van der Waals surface area contributed by atoms with E-state index in [0.717, 1.165) is 24.6 Å². The summed E-state index contributed by atoms with van der Waals surface area (Å²) in [6, 6.07) is 2.44. The van der Waals surface area contributed by atoms with Crippen molar-refractivity contribution in [3.05, 3.63) is 29.6 Å². The maximum absolute atomic E-state index is 13.3. The topological polar surface area (TPSA) is 92.7 Å². The Balaban J connectivity index is 2.20. The van der Waals surface area contributed by atoms with Gasteiger partial charge in [0.05, 0.1) is 16.6 Å². The minimum absolute atomic E-state index is 0.0144. The van der Waals surface area contributed by atoms with Gasteiger partial charge >= 0.3 is 5.97 Å². The van der Waals surface area contributed by atoms with Gasteiger partial charge in [-0.05, 0) is 37.5 Å². The molecule has 6 nitrogen and oxygen atoms in total. The molecule has 116 valence electrons. The number of sulfonamides is 1. The molecule has 21 heavy (non-hydrogen) atoms. The molecule has 0 aromatic heterocycles. The fourth-order valence-corrected chi connectivity index (χ4v) is 3.69. The van der Waals surface area contributed by atoms with Crippen LogP contribution in [0.4, 0.5) is 4.39 Å². The van der Waals surface area contributed by atoms with Gasteiger partial charge in [-0.2, -0.15) is 0 Å². The van der Waals surface area contributed by atoms with Gasteiger partial charge in [-0.15, -0.1) is 0 Å².